The van der Waals surface area contributed by atoms with Gasteiger partial charge in [0, 0.05) is 49.4 Å². The molecule has 0 radical (unpaired) electrons. The molecule has 194 valence electrons. The fraction of sp³-hybridized carbons (Fsp3) is 0.385. The number of fused-ring (bicyclic) bond motifs is 2. The zero-order valence-electron chi connectivity index (χ0n) is 20.1. The fourth-order valence-corrected chi connectivity index (χ4v) is 5.85. The first-order valence-electron chi connectivity index (χ1n) is 12.1. The molecule has 1 N–H and O–H groups in total. The Bertz CT molecular complexity index is 1560. The highest BCUT2D eigenvalue weighted by atomic mass is 35.5. The van der Waals surface area contributed by atoms with Crippen LogP contribution in [0.5, 0.6) is 5.75 Å². The fourth-order valence-electron chi connectivity index (χ4n) is 5.67. The standard InChI is InChI=1S/C26H25ClF3N5O2/c1-33-23(27)8-18-17(24(33)36)3-2-4-22(18)37-16-10-26(11-16)13-34(14-26)6-5-31-20-9-21-15(7-19(20)28)12-32-35(21)25(29)30/h2-4,7-9,12,16,25,31H,5-6,10-11,13-14H2,1H3. The van der Waals surface area contributed by atoms with E-state index < -0.39 is 12.4 Å². The van der Waals surface area contributed by atoms with Crippen molar-refractivity contribution >= 4 is 39.0 Å². The van der Waals surface area contributed by atoms with E-state index in [2.05, 4.69) is 15.3 Å². The minimum atomic E-state index is -2.78. The summed E-state index contributed by atoms with van der Waals surface area (Å²) in [4.78, 5) is 14.8. The van der Waals surface area contributed by atoms with Gasteiger partial charge in [0.1, 0.15) is 16.7 Å². The number of aromatic nitrogens is 3. The Labute approximate surface area is 215 Å². The molecular weight excluding hydrogens is 507 g/mol. The van der Waals surface area contributed by atoms with Gasteiger partial charge in [-0.05, 0) is 43.2 Å². The molecule has 1 aliphatic carbocycles. The Balaban J connectivity index is 1.01. The van der Waals surface area contributed by atoms with Crippen molar-refractivity contribution in [2.24, 2.45) is 12.5 Å². The summed E-state index contributed by atoms with van der Waals surface area (Å²) < 4.78 is 48.8. The van der Waals surface area contributed by atoms with Crippen molar-refractivity contribution in [3.05, 3.63) is 63.9 Å². The van der Waals surface area contributed by atoms with Gasteiger partial charge < -0.3 is 19.5 Å². The second kappa shape index (κ2) is 8.95. The van der Waals surface area contributed by atoms with E-state index in [1.807, 2.05) is 12.1 Å². The Hall–Kier alpha value is -3.24. The maximum absolute atomic E-state index is 14.4. The molecule has 11 heteroatoms. The summed E-state index contributed by atoms with van der Waals surface area (Å²) in [6, 6.07) is 9.83. The molecule has 6 rings (SSSR count). The van der Waals surface area contributed by atoms with Crippen LogP contribution in [0.15, 0.2) is 47.4 Å². The van der Waals surface area contributed by atoms with Crippen LogP contribution in [0.1, 0.15) is 19.4 Å². The first-order chi connectivity index (χ1) is 17.7. The van der Waals surface area contributed by atoms with E-state index in [9.17, 15) is 18.0 Å². The summed E-state index contributed by atoms with van der Waals surface area (Å²) in [5.74, 6) is 0.178. The number of anilines is 1. The zero-order chi connectivity index (χ0) is 25.9. The van der Waals surface area contributed by atoms with Gasteiger partial charge in [-0.25, -0.2) is 9.07 Å². The smallest absolute Gasteiger partial charge is 0.333 e. The molecule has 1 spiro atoms. The molecule has 0 unspecified atom stereocenters. The van der Waals surface area contributed by atoms with Crippen molar-refractivity contribution < 1.29 is 17.9 Å². The predicted octanol–water partition coefficient (Wildman–Crippen LogP) is 5.03. The van der Waals surface area contributed by atoms with Gasteiger partial charge in [-0.2, -0.15) is 13.9 Å². The number of hydrogen-bond acceptors (Lipinski definition) is 5. The number of benzene rings is 2. The maximum Gasteiger partial charge on any atom is 0.333 e. The Morgan fingerprint density at radius 3 is 2.76 bits per heavy atom. The topological polar surface area (TPSA) is 64.3 Å². The van der Waals surface area contributed by atoms with Crippen molar-refractivity contribution in [1.29, 1.82) is 0 Å². The van der Waals surface area contributed by atoms with Gasteiger partial charge in [0.15, 0.2) is 0 Å². The van der Waals surface area contributed by atoms with Gasteiger partial charge in [0.25, 0.3) is 5.56 Å². The van der Waals surface area contributed by atoms with Gasteiger partial charge in [-0.3, -0.25) is 4.79 Å². The molecular formula is C26H25ClF3N5O2. The van der Waals surface area contributed by atoms with Crippen LogP contribution in [0.25, 0.3) is 21.7 Å². The van der Waals surface area contributed by atoms with E-state index in [1.165, 1.54) is 22.9 Å². The molecule has 4 aromatic rings. The first-order valence-corrected chi connectivity index (χ1v) is 12.5. The predicted molar refractivity (Wildman–Crippen MR) is 136 cm³/mol. The van der Waals surface area contributed by atoms with E-state index in [0.29, 0.717) is 39.4 Å². The lowest BCUT2D eigenvalue weighted by molar-refractivity contribution is -0.117. The largest absolute Gasteiger partial charge is 0.490 e. The van der Waals surface area contributed by atoms with Crippen molar-refractivity contribution in [2.45, 2.75) is 25.5 Å². The first kappa shape index (κ1) is 24.1. The second-order valence-corrected chi connectivity index (χ2v) is 10.5. The van der Waals surface area contributed by atoms with Crippen LogP contribution in [0.3, 0.4) is 0 Å². The van der Waals surface area contributed by atoms with E-state index in [4.69, 9.17) is 16.3 Å². The number of alkyl halides is 2. The third kappa shape index (κ3) is 4.21. The van der Waals surface area contributed by atoms with Gasteiger partial charge in [-0.15, -0.1) is 0 Å². The number of ether oxygens (including phenoxy) is 1. The quantitative estimate of drug-likeness (QED) is 0.339. The lowest BCUT2D eigenvalue weighted by Gasteiger charge is -2.58. The second-order valence-electron chi connectivity index (χ2n) is 10.1. The number of pyridine rings is 1. The normalized spacial score (nSPS) is 17.5. The van der Waals surface area contributed by atoms with Crippen LogP contribution < -0.4 is 15.6 Å². The molecule has 0 amide bonds. The van der Waals surface area contributed by atoms with Crippen LogP contribution in [0.2, 0.25) is 5.15 Å². The molecule has 1 saturated heterocycles. The van der Waals surface area contributed by atoms with Crippen LogP contribution >= 0.6 is 11.6 Å². The minimum Gasteiger partial charge on any atom is -0.490 e. The zero-order valence-corrected chi connectivity index (χ0v) is 20.8. The Morgan fingerprint density at radius 1 is 1.22 bits per heavy atom. The van der Waals surface area contributed by atoms with Crippen molar-refractivity contribution in [1.82, 2.24) is 19.2 Å². The van der Waals surface area contributed by atoms with E-state index in [1.54, 1.807) is 19.2 Å². The summed E-state index contributed by atoms with van der Waals surface area (Å²) in [7, 11) is 1.64. The number of rotatable bonds is 7. The number of hydrogen-bond donors (Lipinski definition) is 1. The van der Waals surface area contributed by atoms with Gasteiger partial charge in [-0.1, -0.05) is 17.7 Å². The summed E-state index contributed by atoms with van der Waals surface area (Å²) in [6.45, 7) is 0.276. The highest BCUT2D eigenvalue weighted by molar-refractivity contribution is 6.30. The lowest BCUT2D eigenvalue weighted by Crippen LogP contribution is -2.65. The van der Waals surface area contributed by atoms with Crippen LogP contribution in [-0.2, 0) is 7.05 Å². The molecule has 3 heterocycles. The number of nitrogens with one attached hydrogen (secondary N) is 1. The van der Waals surface area contributed by atoms with Gasteiger partial charge in [0.05, 0.1) is 28.9 Å². The molecule has 0 bridgehead atoms. The van der Waals surface area contributed by atoms with Crippen LogP contribution in [0, 0.1) is 11.2 Å². The molecule has 37 heavy (non-hydrogen) atoms. The third-order valence-electron chi connectivity index (χ3n) is 7.53. The monoisotopic (exact) mass is 531 g/mol. The van der Waals surface area contributed by atoms with Gasteiger partial charge >= 0.3 is 6.55 Å². The number of nitrogens with zero attached hydrogens (tertiary/aromatic N) is 4. The van der Waals surface area contributed by atoms with E-state index in [-0.39, 0.29) is 28.3 Å². The SMILES string of the molecule is Cn1c(Cl)cc2c(OC3CC4(C3)CN(CCNc3cc5c(cnn5C(F)F)cc3F)C4)cccc2c1=O. The molecule has 2 aromatic heterocycles. The highest BCUT2D eigenvalue weighted by Gasteiger charge is 2.53. The molecule has 2 aliphatic rings. The number of likely N-dealkylation sites (tertiary alicyclic amines) is 1. The van der Waals surface area contributed by atoms with Crippen LogP contribution in [-0.4, -0.2) is 51.5 Å². The van der Waals surface area contributed by atoms with Crippen molar-refractivity contribution in [2.75, 3.05) is 31.5 Å². The summed E-state index contributed by atoms with van der Waals surface area (Å²) in [5.41, 5.74) is 0.445. The van der Waals surface area contributed by atoms with E-state index in [0.717, 1.165) is 31.3 Å². The Morgan fingerprint density at radius 2 is 2.00 bits per heavy atom. The molecule has 0 atom stereocenters. The molecule has 1 saturated carbocycles. The highest BCUT2D eigenvalue weighted by Crippen LogP contribution is 2.50. The molecule has 7 nitrogen and oxygen atoms in total. The van der Waals surface area contributed by atoms with Crippen molar-refractivity contribution in [3.8, 4) is 5.75 Å². The molecule has 2 fully saturated rings. The average molecular weight is 532 g/mol. The average Bonchev–Trinajstić information content (AvgIpc) is 3.22. The van der Waals surface area contributed by atoms with Crippen molar-refractivity contribution in [3.63, 3.8) is 0 Å². The number of halogens is 4. The Kier molecular flexibility index (Phi) is 5.83. The summed E-state index contributed by atoms with van der Waals surface area (Å²) in [6.07, 6.45) is 3.16. The summed E-state index contributed by atoms with van der Waals surface area (Å²) >= 11 is 6.21. The third-order valence-corrected chi connectivity index (χ3v) is 7.89. The molecule has 1 aliphatic heterocycles. The summed E-state index contributed by atoms with van der Waals surface area (Å²) in [5, 5.41) is 8.66. The van der Waals surface area contributed by atoms with Gasteiger partial charge in [0.2, 0.25) is 0 Å². The maximum atomic E-state index is 14.4. The lowest BCUT2D eigenvalue weighted by atomic mass is 9.62. The minimum absolute atomic E-state index is 0.0780. The molecule has 2 aromatic carbocycles. The van der Waals surface area contributed by atoms with E-state index >= 15 is 0 Å². The van der Waals surface area contributed by atoms with Crippen LogP contribution in [0.4, 0.5) is 18.9 Å².